The monoisotopic (exact) mass is 284 g/mol. The second-order valence-electron chi connectivity index (χ2n) is 4.90. The van der Waals surface area contributed by atoms with E-state index < -0.39 is 11.0 Å². The number of carbonyl (C=O) groups is 1. The zero-order valence-electron chi connectivity index (χ0n) is 11.9. The Kier molecular flexibility index (Phi) is 4.33. The van der Waals surface area contributed by atoms with E-state index in [2.05, 4.69) is 5.32 Å². The maximum absolute atomic E-state index is 12.3. The molecule has 0 bridgehead atoms. The van der Waals surface area contributed by atoms with E-state index in [0.717, 1.165) is 5.56 Å². The van der Waals surface area contributed by atoms with Gasteiger partial charge in [0.25, 0.3) is 5.69 Å². The highest BCUT2D eigenvalue weighted by Crippen LogP contribution is 2.17. The second-order valence-corrected chi connectivity index (χ2v) is 4.90. The minimum Gasteiger partial charge on any atom is -0.375 e. The summed E-state index contributed by atoms with van der Waals surface area (Å²) in [6.45, 7) is 3.73. The maximum atomic E-state index is 12.3. The van der Waals surface area contributed by atoms with Gasteiger partial charge in [-0.05, 0) is 26.0 Å². The molecule has 2 rings (SSSR count). The Morgan fingerprint density at radius 2 is 1.67 bits per heavy atom. The molecule has 5 heteroatoms. The highest BCUT2D eigenvalue weighted by atomic mass is 16.6. The third-order valence-corrected chi connectivity index (χ3v) is 3.19. The Labute approximate surface area is 122 Å². The van der Waals surface area contributed by atoms with Gasteiger partial charge < -0.3 is 5.32 Å². The third-order valence-electron chi connectivity index (χ3n) is 3.19. The van der Waals surface area contributed by atoms with Gasteiger partial charge in [-0.15, -0.1) is 0 Å². The summed E-state index contributed by atoms with van der Waals surface area (Å²) in [7, 11) is 0. The van der Waals surface area contributed by atoms with Gasteiger partial charge in [-0.25, -0.2) is 0 Å². The quantitative estimate of drug-likeness (QED) is 0.517. The van der Waals surface area contributed by atoms with Crippen molar-refractivity contribution in [2.45, 2.75) is 19.9 Å². The number of aryl methyl sites for hydroxylation is 1. The van der Waals surface area contributed by atoms with Crippen LogP contribution in [0.2, 0.25) is 0 Å². The van der Waals surface area contributed by atoms with Crippen molar-refractivity contribution < 1.29 is 9.72 Å². The lowest BCUT2D eigenvalue weighted by molar-refractivity contribution is -0.384. The van der Waals surface area contributed by atoms with E-state index in [0.29, 0.717) is 11.3 Å². The first-order valence-corrected chi connectivity index (χ1v) is 6.59. The smallest absolute Gasteiger partial charge is 0.269 e. The predicted octanol–water partition coefficient (Wildman–Crippen LogP) is 3.59. The van der Waals surface area contributed by atoms with Gasteiger partial charge in [0.15, 0.2) is 5.78 Å². The summed E-state index contributed by atoms with van der Waals surface area (Å²) in [5.41, 5.74) is 2.44. The van der Waals surface area contributed by atoms with Gasteiger partial charge in [-0.3, -0.25) is 14.9 Å². The van der Waals surface area contributed by atoms with Gasteiger partial charge in [0.05, 0.1) is 11.0 Å². The third kappa shape index (κ3) is 3.66. The standard InChI is InChI=1S/C16H16N2O3/c1-11-3-5-13(6-4-11)16(19)12(2)17-14-7-9-15(10-8-14)18(20)21/h3-10,12,17H,1-2H3. The molecule has 0 saturated heterocycles. The lowest BCUT2D eigenvalue weighted by Gasteiger charge is -2.14. The number of rotatable bonds is 5. The molecular weight excluding hydrogens is 268 g/mol. The molecule has 5 nitrogen and oxygen atoms in total. The minimum atomic E-state index is -0.454. The van der Waals surface area contributed by atoms with E-state index in [9.17, 15) is 14.9 Å². The van der Waals surface area contributed by atoms with Crippen molar-refractivity contribution in [2.75, 3.05) is 5.32 Å². The summed E-state index contributed by atoms with van der Waals surface area (Å²) in [5, 5.41) is 13.6. The number of ketones is 1. The number of anilines is 1. The van der Waals surface area contributed by atoms with Crippen molar-refractivity contribution in [3.8, 4) is 0 Å². The van der Waals surface area contributed by atoms with Crippen molar-refractivity contribution in [3.05, 3.63) is 69.8 Å². The molecule has 1 atom stereocenters. The van der Waals surface area contributed by atoms with Crippen LogP contribution in [0.3, 0.4) is 0 Å². The number of hydrogen-bond donors (Lipinski definition) is 1. The molecule has 0 amide bonds. The Morgan fingerprint density at radius 1 is 1.10 bits per heavy atom. The van der Waals surface area contributed by atoms with Crippen molar-refractivity contribution in [1.82, 2.24) is 0 Å². The first-order valence-electron chi connectivity index (χ1n) is 6.59. The molecule has 0 aromatic heterocycles. The van der Waals surface area contributed by atoms with E-state index in [1.165, 1.54) is 12.1 Å². The molecule has 0 saturated carbocycles. The zero-order chi connectivity index (χ0) is 15.4. The van der Waals surface area contributed by atoms with Crippen LogP contribution in [0.5, 0.6) is 0 Å². The lowest BCUT2D eigenvalue weighted by atomic mass is 10.0. The Hall–Kier alpha value is -2.69. The number of nitrogens with zero attached hydrogens (tertiary/aromatic N) is 1. The van der Waals surface area contributed by atoms with Crippen LogP contribution >= 0.6 is 0 Å². The predicted molar refractivity (Wildman–Crippen MR) is 81.7 cm³/mol. The number of nitrogens with one attached hydrogen (secondary N) is 1. The molecule has 0 heterocycles. The van der Waals surface area contributed by atoms with Crippen LogP contribution in [0.15, 0.2) is 48.5 Å². The second kappa shape index (κ2) is 6.17. The Balaban J connectivity index is 2.06. The molecule has 1 N–H and O–H groups in total. The fourth-order valence-electron chi connectivity index (χ4n) is 1.96. The summed E-state index contributed by atoms with van der Waals surface area (Å²) in [6, 6.07) is 13.0. The number of nitro benzene ring substituents is 1. The molecule has 2 aromatic rings. The largest absolute Gasteiger partial charge is 0.375 e. The van der Waals surface area contributed by atoms with E-state index in [4.69, 9.17) is 0 Å². The number of nitro groups is 1. The fraction of sp³-hybridized carbons (Fsp3) is 0.188. The molecular formula is C16H16N2O3. The van der Waals surface area contributed by atoms with Crippen LogP contribution in [0.25, 0.3) is 0 Å². The van der Waals surface area contributed by atoms with E-state index in [-0.39, 0.29) is 11.5 Å². The van der Waals surface area contributed by atoms with Gasteiger partial charge >= 0.3 is 0 Å². The SMILES string of the molecule is Cc1ccc(C(=O)C(C)Nc2ccc([N+](=O)[O-])cc2)cc1. The highest BCUT2D eigenvalue weighted by Gasteiger charge is 2.15. The topological polar surface area (TPSA) is 72.2 Å². The summed E-state index contributed by atoms with van der Waals surface area (Å²) >= 11 is 0. The minimum absolute atomic E-state index is 0.0200. The molecule has 108 valence electrons. The van der Waals surface area contributed by atoms with Gasteiger partial charge in [-0.2, -0.15) is 0 Å². The maximum Gasteiger partial charge on any atom is 0.269 e. The number of carbonyl (C=O) groups excluding carboxylic acids is 1. The molecule has 0 aliphatic heterocycles. The number of hydrogen-bond acceptors (Lipinski definition) is 4. The number of non-ortho nitro benzene ring substituents is 1. The van der Waals surface area contributed by atoms with Crippen LogP contribution in [0.1, 0.15) is 22.8 Å². The molecule has 0 aliphatic carbocycles. The summed E-state index contributed by atoms with van der Waals surface area (Å²) in [6.07, 6.45) is 0. The van der Waals surface area contributed by atoms with Gasteiger partial charge in [-0.1, -0.05) is 29.8 Å². The average Bonchev–Trinajstić information content (AvgIpc) is 2.47. The molecule has 0 fully saturated rings. The van der Waals surface area contributed by atoms with Crippen molar-refractivity contribution in [2.24, 2.45) is 0 Å². The normalized spacial score (nSPS) is 11.7. The van der Waals surface area contributed by atoms with Gasteiger partial charge in [0.1, 0.15) is 0 Å². The first-order chi connectivity index (χ1) is 9.97. The van der Waals surface area contributed by atoms with Crippen LogP contribution in [-0.4, -0.2) is 16.7 Å². The van der Waals surface area contributed by atoms with E-state index in [1.54, 1.807) is 31.2 Å². The Bertz CT molecular complexity index is 648. The van der Waals surface area contributed by atoms with E-state index >= 15 is 0 Å². The zero-order valence-corrected chi connectivity index (χ0v) is 11.9. The van der Waals surface area contributed by atoms with Crippen molar-refractivity contribution >= 4 is 17.2 Å². The number of Topliss-reactive ketones (excluding diaryl/α,β-unsaturated/α-hetero) is 1. The van der Waals surface area contributed by atoms with Crippen LogP contribution in [0, 0.1) is 17.0 Å². The van der Waals surface area contributed by atoms with Crippen LogP contribution in [0.4, 0.5) is 11.4 Å². The molecule has 21 heavy (non-hydrogen) atoms. The van der Waals surface area contributed by atoms with Crippen molar-refractivity contribution in [3.63, 3.8) is 0 Å². The van der Waals surface area contributed by atoms with E-state index in [1.807, 2.05) is 19.1 Å². The van der Waals surface area contributed by atoms with Gasteiger partial charge in [0.2, 0.25) is 0 Å². The van der Waals surface area contributed by atoms with Crippen molar-refractivity contribution in [1.29, 1.82) is 0 Å². The molecule has 1 unspecified atom stereocenters. The molecule has 0 aliphatic rings. The average molecular weight is 284 g/mol. The molecule has 0 radical (unpaired) electrons. The Morgan fingerprint density at radius 3 is 2.19 bits per heavy atom. The van der Waals surface area contributed by atoms with Gasteiger partial charge in [0, 0.05) is 23.4 Å². The lowest BCUT2D eigenvalue weighted by Crippen LogP contribution is -2.26. The number of benzene rings is 2. The summed E-state index contributed by atoms with van der Waals surface area (Å²) in [4.78, 5) is 22.4. The van der Waals surface area contributed by atoms with Crippen LogP contribution < -0.4 is 5.32 Å². The fourth-order valence-corrected chi connectivity index (χ4v) is 1.96. The molecule has 2 aromatic carbocycles. The summed E-state index contributed by atoms with van der Waals surface area (Å²) in [5.74, 6) is -0.0200. The van der Waals surface area contributed by atoms with Crippen LogP contribution in [-0.2, 0) is 0 Å². The summed E-state index contributed by atoms with van der Waals surface area (Å²) < 4.78 is 0. The molecule has 0 spiro atoms. The first kappa shape index (κ1) is 14.7. The highest BCUT2D eigenvalue weighted by molar-refractivity contribution is 6.01.